The van der Waals surface area contributed by atoms with Gasteiger partial charge in [-0.1, -0.05) is 0 Å². The van der Waals surface area contributed by atoms with Gasteiger partial charge in [-0.05, 0) is 12.8 Å². The summed E-state index contributed by atoms with van der Waals surface area (Å²) in [5.41, 5.74) is -3.13. The maximum atomic E-state index is 13.3. The molecule has 2 rings (SSSR count). The van der Waals surface area contributed by atoms with Crippen molar-refractivity contribution in [2.45, 2.75) is 18.4 Å². The van der Waals surface area contributed by atoms with Crippen LogP contribution in [0.5, 0.6) is 0 Å². The van der Waals surface area contributed by atoms with E-state index in [0.29, 0.717) is 0 Å². The zero-order chi connectivity index (χ0) is 15.9. The van der Waals surface area contributed by atoms with Crippen LogP contribution in [-0.2, 0) is 4.79 Å². The Hall–Kier alpha value is -2.39. The first kappa shape index (κ1) is 15.0. The summed E-state index contributed by atoms with van der Waals surface area (Å²) in [5, 5.41) is 12.1. The van der Waals surface area contributed by atoms with E-state index in [-0.39, 0.29) is 12.8 Å². The molecule has 0 aliphatic heterocycles. The number of rotatable bonds is 3. The number of amides is 2. The Balaban J connectivity index is 2.24. The number of anilines is 1. The molecule has 0 spiro atoms. The molecule has 10 heteroatoms. The number of benzene rings is 1. The fourth-order valence-corrected chi connectivity index (χ4v) is 1.59. The molecule has 5 nitrogen and oxygen atoms in total. The highest BCUT2D eigenvalue weighted by molar-refractivity contribution is 5.95. The molecular weight excluding hydrogens is 303 g/mol. The largest absolute Gasteiger partial charge is 0.480 e. The molecule has 1 saturated carbocycles. The van der Waals surface area contributed by atoms with E-state index >= 15 is 0 Å². The van der Waals surface area contributed by atoms with E-state index < -0.39 is 52.3 Å². The molecule has 21 heavy (non-hydrogen) atoms. The molecule has 0 unspecified atom stereocenters. The van der Waals surface area contributed by atoms with Crippen molar-refractivity contribution in [3.63, 3.8) is 0 Å². The summed E-state index contributed by atoms with van der Waals surface area (Å²) in [7, 11) is 0. The highest BCUT2D eigenvalue weighted by Gasteiger charge is 2.51. The Bertz CT molecular complexity index is 616. The lowest BCUT2D eigenvalue weighted by Gasteiger charge is -2.14. The number of carboxylic acids is 1. The van der Waals surface area contributed by atoms with Crippen molar-refractivity contribution >= 4 is 17.7 Å². The molecular formula is C11H7F5N2O3. The van der Waals surface area contributed by atoms with Crippen molar-refractivity contribution in [3.05, 3.63) is 29.1 Å². The van der Waals surface area contributed by atoms with Gasteiger partial charge in [0.1, 0.15) is 11.2 Å². The van der Waals surface area contributed by atoms with Crippen molar-refractivity contribution in [1.82, 2.24) is 5.32 Å². The van der Waals surface area contributed by atoms with E-state index in [1.165, 1.54) is 5.32 Å². The maximum absolute atomic E-state index is 13.3. The molecule has 1 aliphatic rings. The van der Waals surface area contributed by atoms with Crippen LogP contribution in [0.4, 0.5) is 32.4 Å². The van der Waals surface area contributed by atoms with Crippen LogP contribution in [-0.4, -0.2) is 22.6 Å². The summed E-state index contributed by atoms with van der Waals surface area (Å²) < 4.78 is 65.2. The second kappa shape index (κ2) is 4.86. The number of nitrogens with one attached hydrogen (secondary N) is 2. The Morgan fingerprint density at radius 3 is 1.71 bits per heavy atom. The van der Waals surface area contributed by atoms with Crippen molar-refractivity contribution in [1.29, 1.82) is 0 Å². The first-order chi connectivity index (χ1) is 9.69. The smallest absolute Gasteiger partial charge is 0.329 e. The number of urea groups is 1. The van der Waals surface area contributed by atoms with Gasteiger partial charge in [0.05, 0.1) is 0 Å². The van der Waals surface area contributed by atoms with Gasteiger partial charge in [-0.25, -0.2) is 31.5 Å². The minimum Gasteiger partial charge on any atom is -0.480 e. The quantitative estimate of drug-likeness (QED) is 0.454. The molecule has 2 amide bonds. The molecule has 0 radical (unpaired) electrons. The van der Waals surface area contributed by atoms with Gasteiger partial charge in [0, 0.05) is 0 Å². The molecule has 114 valence electrons. The minimum absolute atomic E-state index is 0.0901. The number of hydrogen-bond donors (Lipinski definition) is 3. The van der Waals surface area contributed by atoms with Gasteiger partial charge in [-0.3, -0.25) is 0 Å². The number of halogens is 5. The van der Waals surface area contributed by atoms with Crippen LogP contribution in [0.1, 0.15) is 12.8 Å². The summed E-state index contributed by atoms with van der Waals surface area (Å²) in [6, 6.07) is -1.39. The lowest BCUT2D eigenvalue weighted by Crippen LogP contribution is -2.45. The van der Waals surface area contributed by atoms with E-state index in [1.54, 1.807) is 0 Å². The van der Waals surface area contributed by atoms with Crippen LogP contribution in [0.3, 0.4) is 0 Å². The maximum Gasteiger partial charge on any atom is 0.329 e. The second-order valence-corrected chi connectivity index (χ2v) is 4.41. The number of hydrogen-bond acceptors (Lipinski definition) is 2. The number of carboxylic acid groups (broad SMARTS) is 1. The zero-order valence-corrected chi connectivity index (χ0v) is 10.1. The SMILES string of the molecule is O=C(Nc1c(F)c(F)c(F)c(F)c1F)NC1(C(=O)O)CC1. The van der Waals surface area contributed by atoms with Crippen LogP contribution in [0, 0.1) is 29.1 Å². The Morgan fingerprint density at radius 2 is 1.33 bits per heavy atom. The van der Waals surface area contributed by atoms with Gasteiger partial charge in [0.25, 0.3) is 0 Å². The Kier molecular flexibility index (Phi) is 3.47. The van der Waals surface area contributed by atoms with Crippen LogP contribution < -0.4 is 10.6 Å². The molecule has 0 aromatic heterocycles. The van der Waals surface area contributed by atoms with E-state index in [9.17, 15) is 31.5 Å². The van der Waals surface area contributed by atoms with E-state index in [2.05, 4.69) is 0 Å². The van der Waals surface area contributed by atoms with Crippen molar-refractivity contribution in [2.24, 2.45) is 0 Å². The fourth-order valence-electron chi connectivity index (χ4n) is 1.59. The first-order valence-corrected chi connectivity index (χ1v) is 5.53. The number of aliphatic carboxylic acids is 1. The van der Waals surface area contributed by atoms with Crippen LogP contribution >= 0.6 is 0 Å². The average molecular weight is 310 g/mol. The van der Waals surface area contributed by atoms with E-state index in [1.807, 2.05) is 5.32 Å². The van der Waals surface area contributed by atoms with Gasteiger partial charge in [-0.15, -0.1) is 0 Å². The van der Waals surface area contributed by atoms with Crippen LogP contribution in [0.15, 0.2) is 0 Å². The molecule has 1 aromatic carbocycles. The number of carbonyl (C=O) groups is 2. The summed E-state index contributed by atoms with van der Waals surface area (Å²) >= 11 is 0. The third kappa shape index (κ3) is 2.48. The lowest BCUT2D eigenvalue weighted by atomic mass is 10.2. The fraction of sp³-hybridized carbons (Fsp3) is 0.273. The first-order valence-electron chi connectivity index (χ1n) is 5.53. The van der Waals surface area contributed by atoms with Gasteiger partial charge in [-0.2, -0.15) is 0 Å². The monoisotopic (exact) mass is 310 g/mol. The van der Waals surface area contributed by atoms with Gasteiger partial charge < -0.3 is 15.7 Å². The molecule has 0 saturated heterocycles. The molecule has 0 heterocycles. The summed E-state index contributed by atoms with van der Waals surface area (Å²) in [6.07, 6.45) is 0.180. The van der Waals surface area contributed by atoms with E-state index in [0.717, 1.165) is 0 Å². The molecule has 1 fully saturated rings. The molecule has 0 atom stereocenters. The Morgan fingerprint density at radius 1 is 0.905 bits per heavy atom. The third-order valence-electron chi connectivity index (χ3n) is 2.96. The van der Waals surface area contributed by atoms with Gasteiger partial charge in [0.2, 0.25) is 5.82 Å². The summed E-state index contributed by atoms with van der Waals surface area (Å²) in [6.45, 7) is 0. The normalized spacial score (nSPS) is 15.5. The summed E-state index contributed by atoms with van der Waals surface area (Å²) in [5.74, 6) is -12.6. The predicted molar refractivity (Wildman–Crippen MR) is 58.0 cm³/mol. The number of carbonyl (C=O) groups excluding carboxylic acids is 1. The molecule has 1 aliphatic carbocycles. The van der Waals surface area contributed by atoms with Crippen molar-refractivity contribution in [2.75, 3.05) is 5.32 Å². The molecule has 0 bridgehead atoms. The lowest BCUT2D eigenvalue weighted by molar-refractivity contribution is -0.140. The van der Waals surface area contributed by atoms with Crippen LogP contribution in [0.2, 0.25) is 0 Å². The Labute approximate surface area is 113 Å². The minimum atomic E-state index is -2.36. The standard InChI is InChI=1S/C11H7F5N2O3/c12-3-4(13)6(15)8(7(16)5(3)14)17-10(21)18-11(1-2-11)9(19)20/h1-2H2,(H,19,20)(H2,17,18,21). The van der Waals surface area contributed by atoms with Crippen LogP contribution in [0.25, 0.3) is 0 Å². The second-order valence-electron chi connectivity index (χ2n) is 4.41. The van der Waals surface area contributed by atoms with Crippen molar-refractivity contribution in [3.8, 4) is 0 Å². The molecule has 1 aromatic rings. The predicted octanol–water partition coefficient (Wildman–Crippen LogP) is 2.12. The van der Waals surface area contributed by atoms with E-state index in [4.69, 9.17) is 5.11 Å². The average Bonchev–Trinajstić information content (AvgIpc) is 3.20. The van der Waals surface area contributed by atoms with Crippen molar-refractivity contribution < 1.29 is 36.6 Å². The topological polar surface area (TPSA) is 78.4 Å². The highest BCUT2D eigenvalue weighted by atomic mass is 19.2. The molecule has 3 N–H and O–H groups in total. The van der Waals surface area contributed by atoms with Gasteiger partial charge in [0.15, 0.2) is 23.3 Å². The third-order valence-corrected chi connectivity index (χ3v) is 2.96. The highest BCUT2D eigenvalue weighted by Crippen LogP contribution is 2.35. The van der Waals surface area contributed by atoms with Gasteiger partial charge >= 0.3 is 12.0 Å². The zero-order valence-electron chi connectivity index (χ0n) is 10.1. The summed E-state index contributed by atoms with van der Waals surface area (Å²) in [4.78, 5) is 22.2.